The molecule has 0 saturated heterocycles. The minimum Gasteiger partial charge on any atom is -0.483 e. The van der Waals surface area contributed by atoms with E-state index in [0.29, 0.717) is 11.4 Å². The summed E-state index contributed by atoms with van der Waals surface area (Å²) in [5.74, 6) is 0.266. The Morgan fingerprint density at radius 2 is 2.28 bits per heavy atom. The Morgan fingerprint density at radius 3 is 2.89 bits per heavy atom. The Labute approximate surface area is 109 Å². The molecule has 0 atom stereocenters. The fraction of sp³-hybridized carbons (Fsp3) is 0.0833. The maximum atomic E-state index is 13.6. The summed E-state index contributed by atoms with van der Waals surface area (Å²) in [7, 11) is 0. The number of anilines is 1. The molecule has 3 N–H and O–H groups in total. The third kappa shape index (κ3) is 3.21. The van der Waals surface area contributed by atoms with Gasteiger partial charge in [0.15, 0.2) is 16.7 Å². The molecule has 1 aromatic heterocycles. The predicted octanol–water partition coefficient (Wildman–Crippen LogP) is 2.65. The van der Waals surface area contributed by atoms with Crippen molar-refractivity contribution in [3.05, 3.63) is 48.2 Å². The molecule has 0 radical (unpaired) electrons. The predicted molar refractivity (Wildman–Crippen MR) is 69.8 cm³/mol. The molecule has 0 fully saturated rings. The highest BCUT2D eigenvalue weighted by molar-refractivity contribution is 7.80. The first-order valence-corrected chi connectivity index (χ1v) is 5.57. The van der Waals surface area contributed by atoms with Crippen molar-refractivity contribution in [3.8, 4) is 5.75 Å². The summed E-state index contributed by atoms with van der Waals surface area (Å²) in [6.45, 7) is 0.173. The average molecular weight is 266 g/mol. The van der Waals surface area contributed by atoms with E-state index in [4.69, 9.17) is 14.9 Å². The third-order valence-corrected chi connectivity index (χ3v) is 2.25. The summed E-state index contributed by atoms with van der Waals surface area (Å²) in [4.78, 5) is 0. The van der Waals surface area contributed by atoms with Gasteiger partial charge in [-0.1, -0.05) is 0 Å². The van der Waals surface area contributed by atoms with Crippen molar-refractivity contribution < 1.29 is 13.5 Å². The Hall–Kier alpha value is -2.08. The standard InChI is InChI=1S/C12H11FN2O2S/c13-10-6-8(15-12(14)18)3-4-11(10)17-7-9-2-1-5-16-9/h1-6H,7H2,(H3,14,15,18). The van der Waals surface area contributed by atoms with E-state index in [2.05, 4.69) is 17.5 Å². The van der Waals surface area contributed by atoms with Gasteiger partial charge in [-0.2, -0.15) is 0 Å². The monoisotopic (exact) mass is 266 g/mol. The van der Waals surface area contributed by atoms with Gasteiger partial charge in [0, 0.05) is 11.8 Å². The maximum absolute atomic E-state index is 13.6. The molecule has 0 aliphatic carbocycles. The van der Waals surface area contributed by atoms with Crippen LogP contribution in [0.1, 0.15) is 5.76 Å². The second kappa shape index (κ2) is 5.50. The fourth-order valence-electron chi connectivity index (χ4n) is 1.38. The third-order valence-electron chi connectivity index (χ3n) is 2.15. The van der Waals surface area contributed by atoms with Crippen LogP contribution >= 0.6 is 12.2 Å². The number of benzene rings is 1. The second-order valence-corrected chi connectivity index (χ2v) is 3.94. The number of rotatable bonds is 4. The summed E-state index contributed by atoms with van der Waals surface area (Å²) in [5, 5.41) is 2.72. The minimum absolute atomic E-state index is 0.0821. The zero-order valence-corrected chi connectivity index (χ0v) is 10.2. The number of hydrogen-bond donors (Lipinski definition) is 2. The molecule has 0 aliphatic heterocycles. The number of furan rings is 1. The minimum atomic E-state index is -0.497. The van der Waals surface area contributed by atoms with Gasteiger partial charge in [0.25, 0.3) is 0 Å². The lowest BCUT2D eigenvalue weighted by Crippen LogP contribution is -2.18. The summed E-state index contributed by atoms with van der Waals surface area (Å²) in [5.41, 5.74) is 5.77. The number of nitrogens with two attached hydrogens (primary N) is 1. The molecular weight excluding hydrogens is 255 g/mol. The zero-order chi connectivity index (χ0) is 13.0. The molecule has 0 amide bonds. The van der Waals surface area contributed by atoms with E-state index in [1.54, 1.807) is 18.2 Å². The van der Waals surface area contributed by atoms with Crippen molar-refractivity contribution in [1.29, 1.82) is 0 Å². The van der Waals surface area contributed by atoms with Crippen molar-refractivity contribution in [3.63, 3.8) is 0 Å². The first-order chi connectivity index (χ1) is 8.65. The van der Waals surface area contributed by atoms with Crippen LogP contribution in [0.2, 0.25) is 0 Å². The molecule has 0 aliphatic rings. The van der Waals surface area contributed by atoms with Gasteiger partial charge in [-0.25, -0.2) is 4.39 Å². The highest BCUT2D eigenvalue weighted by atomic mass is 32.1. The number of hydrogen-bond acceptors (Lipinski definition) is 3. The molecule has 2 aromatic rings. The van der Waals surface area contributed by atoms with Gasteiger partial charge in [0.1, 0.15) is 12.4 Å². The van der Waals surface area contributed by atoms with Gasteiger partial charge in [-0.3, -0.25) is 0 Å². The van der Waals surface area contributed by atoms with Gasteiger partial charge in [0.2, 0.25) is 0 Å². The normalized spacial score (nSPS) is 10.1. The molecule has 0 unspecified atom stereocenters. The number of ether oxygens (including phenoxy) is 1. The second-order valence-electron chi connectivity index (χ2n) is 3.50. The number of halogens is 1. The van der Waals surface area contributed by atoms with Crippen LogP contribution < -0.4 is 15.8 Å². The van der Waals surface area contributed by atoms with Crippen LogP contribution in [0, 0.1) is 5.82 Å². The molecule has 0 bridgehead atoms. The van der Waals surface area contributed by atoms with Crippen molar-refractivity contribution in [2.45, 2.75) is 6.61 Å². The van der Waals surface area contributed by atoms with Crippen LogP contribution in [0.5, 0.6) is 5.75 Å². The first-order valence-electron chi connectivity index (χ1n) is 5.16. The van der Waals surface area contributed by atoms with Crippen LogP contribution in [0.3, 0.4) is 0 Å². The van der Waals surface area contributed by atoms with E-state index in [1.807, 2.05) is 0 Å². The Bertz CT molecular complexity index is 543. The lowest BCUT2D eigenvalue weighted by atomic mass is 10.3. The van der Waals surface area contributed by atoms with Crippen molar-refractivity contribution in [1.82, 2.24) is 0 Å². The first kappa shape index (κ1) is 12.4. The summed E-state index contributed by atoms with van der Waals surface area (Å²) in [6, 6.07) is 7.88. The lowest BCUT2D eigenvalue weighted by Gasteiger charge is -2.08. The lowest BCUT2D eigenvalue weighted by molar-refractivity contribution is 0.259. The Morgan fingerprint density at radius 1 is 1.44 bits per heavy atom. The molecule has 18 heavy (non-hydrogen) atoms. The molecular formula is C12H11FN2O2S. The molecule has 94 valence electrons. The fourth-order valence-corrected chi connectivity index (χ4v) is 1.50. The van der Waals surface area contributed by atoms with Crippen LogP contribution in [0.25, 0.3) is 0 Å². The summed E-state index contributed by atoms with van der Waals surface area (Å²) >= 11 is 4.66. The zero-order valence-electron chi connectivity index (χ0n) is 9.35. The molecule has 0 spiro atoms. The quantitative estimate of drug-likeness (QED) is 0.833. The number of thiocarbonyl (C=S) groups is 1. The SMILES string of the molecule is NC(=S)Nc1ccc(OCc2ccco2)c(F)c1. The number of nitrogens with one attached hydrogen (secondary N) is 1. The largest absolute Gasteiger partial charge is 0.483 e. The Kier molecular flexibility index (Phi) is 3.78. The van der Waals surface area contributed by atoms with Crippen molar-refractivity contribution >= 4 is 23.0 Å². The van der Waals surface area contributed by atoms with E-state index in [0.717, 1.165) is 0 Å². The van der Waals surface area contributed by atoms with Crippen LogP contribution in [0.4, 0.5) is 10.1 Å². The molecule has 2 rings (SSSR count). The molecule has 4 nitrogen and oxygen atoms in total. The molecule has 1 heterocycles. The maximum Gasteiger partial charge on any atom is 0.168 e. The summed E-state index contributed by atoms with van der Waals surface area (Å²) in [6.07, 6.45) is 1.53. The van der Waals surface area contributed by atoms with E-state index in [9.17, 15) is 4.39 Å². The van der Waals surface area contributed by atoms with E-state index in [-0.39, 0.29) is 17.5 Å². The van der Waals surface area contributed by atoms with E-state index < -0.39 is 5.82 Å². The van der Waals surface area contributed by atoms with Gasteiger partial charge >= 0.3 is 0 Å². The van der Waals surface area contributed by atoms with Gasteiger partial charge in [0.05, 0.1) is 6.26 Å². The average Bonchev–Trinajstić information content (AvgIpc) is 2.80. The highest BCUT2D eigenvalue weighted by Gasteiger charge is 2.06. The van der Waals surface area contributed by atoms with Gasteiger partial charge in [-0.05, 0) is 36.5 Å². The van der Waals surface area contributed by atoms with E-state index >= 15 is 0 Å². The van der Waals surface area contributed by atoms with Crippen molar-refractivity contribution in [2.75, 3.05) is 5.32 Å². The summed E-state index contributed by atoms with van der Waals surface area (Å²) < 4.78 is 24.0. The Balaban J connectivity index is 2.03. The molecule has 0 saturated carbocycles. The van der Waals surface area contributed by atoms with Gasteiger partial charge < -0.3 is 20.2 Å². The van der Waals surface area contributed by atoms with Crippen LogP contribution in [-0.4, -0.2) is 5.11 Å². The van der Waals surface area contributed by atoms with Gasteiger partial charge in [-0.15, -0.1) is 0 Å². The van der Waals surface area contributed by atoms with E-state index in [1.165, 1.54) is 18.4 Å². The highest BCUT2D eigenvalue weighted by Crippen LogP contribution is 2.22. The van der Waals surface area contributed by atoms with Crippen LogP contribution in [0.15, 0.2) is 41.0 Å². The molecule has 1 aromatic carbocycles. The molecule has 6 heteroatoms. The topological polar surface area (TPSA) is 60.4 Å². The van der Waals surface area contributed by atoms with Crippen molar-refractivity contribution in [2.24, 2.45) is 5.73 Å². The van der Waals surface area contributed by atoms with Crippen LogP contribution in [-0.2, 0) is 6.61 Å². The smallest absolute Gasteiger partial charge is 0.168 e.